The molecule has 3 aromatic heterocycles. The molecule has 0 amide bonds. The summed E-state index contributed by atoms with van der Waals surface area (Å²) in [6.45, 7) is 0.515. The van der Waals surface area contributed by atoms with Crippen LogP contribution in [0.2, 0.25) is 0 Å². The number of benzene rings is 1. The lowest BCUT2D eigenvalue weighted by molar-refractivity contribution is 0.0698. The molecule has 5 rings (SSSR count). The highest BCUT2D eigenvalue weighted by atomic mass is 32.1. The maximum Gasteiger partial charge on any atom is 0.337 e. The van der Waals surface area contributed by atoms with Crippen molar-refractivity contribution < 1.29 is 9.90 Å². The Labute approximate surface area is 174 Å². The van der Waals surface area contributed by atoms with Crippen LogP contribution >= 0.6 is 11.3 Å². The Kier molecular flexibility index (Phi) is 4.32. The van der Waals surface area contributed by atoms with Gasteiger partial charge in [0.15, 0.2) is 0 Å². The minimum atomic E-state index is -1.15. The summed E-state index contributed by atoms with van der Waals surface area (Å²) in [7, 11) is 1.41. The van der Waals surface area contributed by atoms with Crippen molar-refractivity contribution >= 4 is 38.4 Å². The number of rotatable bonds is 5. The highest BCUT2D eigenvalue weighted by Crippen LogP contribution is 2.35. The molecule has 0 aliphatic heterocycles. The Morgan fingerprint density at radius 3 is 2.73 bits per heavy atom. The van der Waals surface area contributed by atoms with Gasteiger partial charge in [-0.1, -0.05) is 18.2 Å². The van der Waals surface area contributed by atoms with E-state index in [9.17, 15) is 19.5 Å². The van der Waals surface area contributed by atoms with Gasteiger partial charge in [0.1, 0.15) is 4.83 Å². The topological polar surface area (TPSA) is 94.2 Å². The number of carbonyl (C=O) groups is 1. The van der Waals surface area contributed by atoms with Crippen LogP contribution in [-0.2, 0) is 20.0 Å². The van der Waals surface area contributed by atoms with Crippen LogP contribution in [0.5, 0.6) is 0 Å². The third-order valence-corrected chi connectivity index (χ3v) is 6.90. The van der Waals surface area contributed by atoms with Gasteiger partial charge in [-0.3, -0.25) is 18.9 Å². The first-order valence-corrected chi connectivity index (χ1v) is 10.6. The summed E-state index contributed by atoms with van der Waals surface area (Å²) in [6.07, 6.45) is 4.14. The lowest BCUT2D eigenvalue weighted by Gasteiger charge is -2.08. The number of aromatic nitrogens is 3. The molecule has 0 bridgehead atoms. The first-order chi connectivity index (χ1) is 14.5. The normalized spacial score (nSPS) is 13.9. The molecule has 30 heavy (non-hydrogen) atoms. The Morgan fingerprint density at radius 2 is 2.00 bits per heavy atom. The van der Waals surface area contributed by atoms with Gasteiger partial charge in [0.25, 0.3) is 5.56 Å². The standard InChI is InChI=1S/C22H19N3O4S/c1-24-19(26)18-17(21(27)28)16(30-20(18)25(22(24)29)11-12-6-7-12)10-13-8-9-23-15-5-3-2-4-14(13)15/h2-5,8-9,12H,6-7,10-11H2,1H3,(H,27,28). The molecule has 0 saturated heterocycles. The third-order valence-electron chi connectivity index (χ3n) is 5.69. The number of thiophene rings is 1. The minimum Gasteiger partial charge on any atom is -0.478 e. The van der Waals surface area contributed by atoms with Gasteiger partial charge in [0.05, 0.1) is 16.5 Å². The van der Waals surface area contributed by atoms with E-state index in [0.29, 0.717) is 28.6 Å². The second-order valence-corrected chi connectivity index (χ2v) is 8.83. The molecule has 4 aromatic rings. The number of para-hydroxylation sites is 1. The van der Waals surface area contributed by atoms with E-state index < -0.39 is 17.2 Å². The van der Waals surface area contributed by atoms with Gasteiger partial charge in [-0.25, -0.2) is 9.59 Å². The number of aromatic carboxylic acids is 1. The van der Waals surface area contributed by atoms with Crippen molar-refractivity contribution in [1.29, 1.82) is 0 Å². The molecule has 1 fully saturated rings. The second kappa shape index (κ2) is 6.91. The number of fused-ring (bicyclic) bond motifs is 2. The van der Waals surface area contributed by atoms with Gasteiger partial charge in [0.2, 0.25) is 0 Å². The van der Waals surface area contributed by atoms with Gasteiger partial charge < -0.3 is 5.11 Å². The third kappa shape index (κ3) is 2.95. The summed E-state index contributed by atoms with van der Waals surface area (Å²) in [5, 5.41) is 11.0. The minimum absolute atomic E-state index is 0.000963. The summed E-state index contributed by atoms with van der Waals surface area (Å²) in [6, 6.07) is 9.55. The molecule has 1 aromatic carbocycles. The van der Waals surface area contributed by atoms with E-state index in [0.717, 1.165) is 33.9 Å². The van der Waals surface area contributed by atoms with Crippen molar-refractivity contribution in [3.63, 3.8) is 0 Å². The average molecular weight is 421 g/mol. The largest absolute Gasteiger partial charge is 0.478 e. The molecule has 7 nitrogen and oxygen atoms in total. The van der Waals surface area contributed by atoms with E-state index in [-0.39, 0.29) is 10.9 Å². The molecule has 1 aliphatic rings. The zero-order valence-corrected chi connectivity index (χ0v) is 17.1. The molecule has 0 radical (unpaired) electrons. The van der Waals surface area contributed by atoms with Gasteiger partial charge in [0, 0.05) is 36.5 Å². The Hall–Kier alpha value is -3.26. The highest BCUT2D eigenvalue weighted by molar-refractivity contribution is 7.19. The van der Waals surface area contributed by atoms with E-state index in [4.69, 9.17) is 0 Å². The lowest BCUT2D eigenvalue weighted by Crippen LogP contribution is -2.38. The van der Waals surface area contributed by atoms with Crippen LogP contribution in [0.15, 0.2) is 46.1 Å². The zero-order chi connectivity index (χ0) is 21.0. The predicted octanol–water partition coefficient (Wildman–Crippen LogP) is 3.01. The Bertz CT molecular complexity index is 1440. The fraction of sp³-hybridized carbons (Fsp3) is 0.273. The molecule has 0 atom stereocenters. The van der Waals surface area contributed by atoms with Gasteiger partial charge >= 0.3 is 11.7 Å². The number of hydrogen-bond donors (Lipinski definition) is 1. The molecule has 8 heteroatoms. The quantitative estimate of drug-likeness (QED) is 0.535. The van der Waals surface area contributed by atoms with E-state index in [1.807, 2.05) is 30.3 Å². The highest BCUT2D eigenvalue weighted by Gasteiger charge is 2.28. The van der Waals surface area contributed by atoms with Crippen LogP contribution in [0.25, 0.3) is 21.1 Å². The van der Waals surface area contributed by atoms with E-state index in [1.165, 1.54) is 18.4 Å². The Balaban J connectivity index is 1.77. The molecule has 0 spiro atoms. The molecule has 1 saturated carbocycles. The first kappa shape index (κ1) is 18.7. The van der Waals surface area contributed by atoms with Crippen LogP contribution in [0.3, 0.4) is 0 Å². The summed E-state index contributed by atoms with van der Waals surface area (Å²) in [4.78, 5) is 43.3. The van der Waals surface area contributed by atoms with Crippen LogP contribution < -0.4 is 11.2 Å². The smallest absolute Gasteiger partial charge is 0.337 e. The number of hydrogen-bond acceptors (Lipinski definition) is 5. The summed E-state index contributed by atoms with van der Waals surface area (Å²) < 4.78 is 2.61. The van der Waals surface area contributed by atoms with Crippen molar-refractivity contribution in [3.05, 3.63) is 73.4 Å². The molecule has 152 valence electrons. The number of nitrogens with zero attached hydrogens (tertiary/aromatic N) is 3. The van der Waals surface area contributed by atoms with Crippen molar-refractivity contribution in [3.8, 4) is 0 Å². The Morgan fingerprint density at radius 1 is 1.23 bits per heavy atom. The fourth-order valence-electron chi connectivity index (χ4n) is 3.93. The van der Waals surface area contributed by atoms with Crippen LogP contribution in [-0.4, -0.2) is 25.2 Å². The van der Waals surface area contributed by atoms with Crippen molar-refractivity contribution in [2.45, 2.75) is 25.8 Å². The van der Waals surface area contributed by atoms with Crippen LogP contribution in [0.1, 0.15) is 33.6 Å². The predicted molar refractivity (Wildman–Crippen MR) is 116 cm³/mol. The van der Waals surface area contributed by atoms with Crippen LogP contribution in [0, 0.1) is 5.92 Å². The fourth-order valence-corrected chi connectivity index (χ4v) is 5.24. The van der Waals surface area contributed by atoms with Crippen molar-refractivity contribution in [2.24, 2.45) is 13.0 Å². The molecule has 1 N–H and O–H groups in total. The second-order valence-electron chi connectivity index (χ2n) is 7.75. The van der Waals surface area contributed by atoms with Gasteiger partial charge in [-0.15, -0.1) is 11.3 Å². The number of carboxylic acid groups (broad SMARTS) is 1. The molecule has 0 unspecified atom stereocenters. The van der Waals surface area contributed by atoms with Gasteiger partial charge in [-0.2, -0.15) is 0 Å². The summed E-state index contributed by atoms with van der Waals surface area (Å²) >= 11 is 1.24. The number of pyridine rings is 1. The summed E-state index contributed by atoms with van der Waals surface area (Å²) in [5.74, 6) is -0.741. The van der Waals surface area contributed by atoms with E-state index >= 15 is 0 Å². The molecular weight excluding hydrogens is 402 g/mol. The maximum atomic E-state index is 12.9. The van der Waals surface area contributed by atoms with Crippen LogP contribution in [0.4, 0.5) is 0 Å². The maximum absolute atomic E-state index is 12.9. The first-order valence-electron chi connectivity index (χ1n) is 9.77. The van der Waals surface area contributed by atoms with E-state index in [2.05, 4.69) is 4.98 Å². The monoisotopic (exact) mass is 421 g/mol. The van der Waals surface area contributed by atoms with Crippen molar-refractivity contribution in [1.82, 2.24) is 14.1 Å². The average Bonchev–Trinajstić information content (AvgIpc) is 3.48. The lowest BCUT2D eigenvalue weighted by atomic mass is 10.0. The SMILES string of the molecule is Cn1c(=O)c2c(C(=O)O)c(Cc3ccnc4ccccc34)sc2n(CC2CC2)c1=O. The molecule has 1 aliphatic carbocycles. The molecule has 3 heterocycles. The number of carboxylic acids is 1. The summed E-state index contributed by atoms with van der Waals surface area (Å²) in [5.41, 5.74) is 0.818. The van der Waals surface area contributed by atoms with Crippen molar-refractivity contribution in [2.75, 3.05) is 0 Å². The molecular formula is C22H19N3O4S. The zero-order valence-electron chi connectivity index (χ0n) is 16.3. The van der Waals surface area contributed by atoms with Gasteiger partial charge in [-0.05, 0) is 36.5 Å². The van der Waals surface area contributed by atoms with E-state index in [1.54, 1.807) is 10.8 Å².